The van der Waals surface area contributed by atoms with Gasteiger partial charge in [-0.2, -0.15) is 0 Å². The van der Waals surface area contributed by atoms with Crippen LogP contribution in [0.25, 0.3) is 22.2 Å². The first-order chi connectivity index (χ1) is 13.6. The first kappa shape index (κ1) is 17.7. The van der Waals surface area contributed by atoms with Gasteiger partial charge in [-0.05, 0) is 54.6 Å². The molecule has 1 N–H and O–H groups in total. The van der Waals surface area contributed by atoms with Gasteiger partial charge in [0, 0.05) is 16.6 Å². The van der Waals surface area contributed by atoms with Crippen LogP contribution in [0.3, 0.4) is 0 Å². The average molecular weight is 372 g/mol. The molecule has 4 nitrogen and oxygen atoms in total. The third-order valence-electron chi connectivity index (χ3n) is 4.43. The Balaban J connectivity index is 1.78. The van der Waals surface area contributed by atoms with Crippen LogP contribution in [-0.2, 0) is 0 Å². The summed E-state index contributed by atoms with van der Waals surface area (Å²) in [6, 6.07) is 22.5. The minimum absolute atomic E-state index is 0.320. The Morgan fingerprint density at radius 2 is 1.75 bits per heavy atom. The van der Waals surface area contributed by atoms with Crippen molar-refractivity contribution in [3.8, 4) is 17.0 Å². The maximum atomic E-state index is 13.4. The van der Waals surface area contributed by atoms with Gasteiger partial charge in [0.2, 0.25) is 0 Å². The van der Waals surface area contributed by atoms with Gasteiger partial charge in [0.15, 0.2) is 0 Å². The maximum absolute atomic E-state index is 13.4. The van der Waals surface area contributed by atoms with E-state index in [1.807, 2.05) is 48.5 Å². The molecule has 1 aromatic heterocycles. The van der Waals surface area contributed by atoms with Crippen molar-refractivity contribution in [3.05, 3.63) is 90.2 Å². The second kappa shape index (κ2) is 7.48. The lowest BCUT2D eigenvalue weighted by molar-refractivity contribution is 0.102. The van der Waals surface area contributed by atoms with Gasteiger partial charge in [0.1, 0.15) is 11.6 Å². The number of benzene rings is 3. The van der Waals surface area contributed by atoms with Crippen LogP contribution in [0.1, 0.15) is 10.4 Å². The lowest BCUT2D eigenvalue weighted by Gasteiger charge is -2.11. The number of carbonyl (C=O) groups excluding carboxylic acids is 1. The first-order valence-electron chi connectivity index (χ1n) is 8.75. The quantitative estimate of drug-likeness (QED) is 0.529. The number of hydrogen-bond donors (Lipinski definition) is 1. The Morgan fingerprint density at radius 3 is 2.50 bits per heavy atom. The van der Waals surface area contributed by atoms with Gasteiger partial charge in [-0.15, -0.1) is 0 Å². The number of halogens is 1. The molecule has 4 aromatic rings. The van der Waals surface area contributed by atoms with Crippen LogP contribution in [0.5, 0.6) is 5.75 Å². The van der Waals surface area contributed by atoms with Gasteiger partial charge in [0.05, 0.1) is 23.9 Å². The summed E-state index contributed by atoms with van der Waals surface area (Å²) in [5, 5.41) is 3.49. The van der Waals surface area contributed by atoms with Crippen LogP contribution in [0.2, 0.25) is 0 Å². The molecule has 0 unspecified atom stereocenters. The fourth-order valence-corrected chi connectivity index (χ4v) is 3.04. The highest BCUT2D eigenvalue weighted by molar-refractivity contribution is 6.13. The monoisotopic (exact) mass is 372 g/mol. The van der Waals surface area contributed by atoms with Gasteiger partial charge in [-0.3, -0.25) is 4.79 Å². The maximum Gasteiger partial charge on any atom is 0.256 e. The summed E-state index contributed by atoms with van der Waals surface area (Å²) in [6.45, 7) is 0. The van der Waals surface area contributed by atoms with Crippen molar-refractivity contribution < 1.29 is 13.9 Å². The standard InChI is InChI=1S/C23H17FN2O2/c1-28-18-11-9-15(10-12-18)22-14-20(19-7-2-3-8-21(19)26-22)23(27)25-17-6-4-5-16(24)13-17/h2-14H,1H3,(H,25,27). The molecule has 0 atom stereocenters. The molecule has 1 amide bonds. The molecular weight excluding hydrogens is 355 g/mol. The Kier molecular flexibility index (Phi) is 4.72. The number of ether oxygens (including phenoxy) is 1. The normalized spacial score (nSPS) is 10.6. The highest BCUT2D eigenvalue weighted by Gasteiger charge is 2.14. The third kappa shape index (κ3) is 3.55. The Morgan fingerprint density at radius 1 is 0.964 bits per heavy atom. The molecule has 0 saturated carbocycles. The van der Waals surface area contributed by atoms with Gasteiger partial charge in [-0.25, -0.2) is 9.37 Å². The van der Waals surface area contributed by atoms with E-state index in [4.69, 9.17) is 4.74 Å². The number of anilines is 1. The van der Waals surface area contributed by atoms with Crippen molar-refractivity contribution in [1.29, 1.82) is 0 Å². The lowest BCUT2D eigenvalue weighted by Crippen LogP contribution is -2.13. The molecule has 0 fully saturated rings. The molecule has 0 aliphatic heterocycles. The minimum atomic E-state index is -0.406. The summed E-state index contributed by atoms with van der Waals surface area (Å²) >= 11 is 0. The summed E-state index contributed by atoms with van der Waals surface area (Å²) in [7, 11) is 1.61. The summed E-state index contributed by atoms with van der Waals surface area (Å²) < 4.78 is 18.6. The van der Waals surface area contributed by atoms with Crippen LogP contribution in [-0.4, -0.2) is 18.0 Å². The fourth-order valence-electron chi connectivity index (χ4n) is 3.04. The fraction of sp³-hybridized carbons (Fsp3) is 0.0435. The van der Waals surface area contributed by atoms with E-state index in [-0.39, 0.29) is 5.91 Å². The number of amides is 1. The molecular formula is C23H17FN2O2. The highest BCUT2D eigenvalue weighted by atomic mass is 19.1. The van der Waals surface area contributed by atoms with E-state index in [1.54, 1.807) is 25.3 Å². The first-order valence-corrected chi connectivity index (χ1v) is 8.75. The molecule has 0 bridgehead atoms. The van der Waals surface area contributed by atoms with E-state index < -0.39 is 5.82 Å². The number of nitrogens with one attached hydrogen (secondary N) is 1. The van der Waals surface area contributed by atoms with Crippen LogP contribution in [0.4, 0.5) is 10.1 Å². The lowest BCUT2D eigenvalue weighted by atomic mass is 10.0. The number of aromatic nitrogens is 1. The molecule has 0 aliphatic rings. The Bertz CT molecular complexity index is 1160. The molecule has 3 aromatic carbocycles. The molecule has 5 heteroatoms. The van der Waals surface area contributed by atoms with Crippen LogP contribution in [0, 0.1) is 5.82 Å². The number of nitrogens with zero attached hydrogens (tertiary/aromatic N) is 1. The molecule has 0 radical (unpaired) electrons. The number of methoxy groups -OCH3 is 1. The van der Waals surface area contributed by atoms with Crippen molar-refractivity contribution in [2.24, 2.45) is 0 Å². The van der Waals surface area contributed by atoms with Crippen molar-refractivity contribution >= 4 is 22.5 Å². The van der Waals surface area contributed by atoms with Crippen molar-refractivity contribution in [1.82, 2.24) is 4.98 Å². The molecule has 1 heterocycles. The van der Waals surface area contributed by atoms with Crippen LogP contribution >= 0.6 is 0 Å². The number of fused-ring (bicyclic) bond motifs is 1. The second-order valence-corrected chi connectivity index (χ2v) is 6.27. The number of carbonyl (C=O) groups is 1. The molecule has 0 aliphatic carbocycles. The molecule has 4 rings (SSSR count). The molecule has 28 heavy (non-hydrogen) atoms. The zero-order chi connectivity index (χ0) is 19.5. The van der Waals surface area contributed by atoms with Crippen molar-refractivity contribution in [3.63, 3.8) is 0 Å². The van der Waals surface area contributed by atoms with Crippen LogP contribution in [0.15, 0.2) is 78.9 Å². The molecule has 138 valence electrons. The topological polar surface area (TPSA) is 51.2 Å². The smallest absolute Gasteiger partial charge is 0.256 e. The van der Waals surface area contributed by atoms with E-state index in [0.717, 1.165) is 16.7 Å². The predicted octanol–water partition coefficient (Wildman–Crippen LogP) is 5.30. The Labute approximate surface area is 161 Å². The van der Waals surface area contributed by atoms with E-state index in [2.05, 4.69) is 10.3 Å². The second-order valence-electron chi connectivity index (χ2n) is 6.27. The largest absolute Gasteiger partial charge is 0.497 e. The molecule has 0 saturated heterocycles. The number of pyridine rings is 1. The van der Waals surface area contributed by atoms with Gasteiger partial charge in [-0.1, -0.05) is 24.3 Å². The van der Waals surface area contributed by atoms with Crippen molar-refractivity contribution in [2.45, 2.75) is 0 Å². The van der Waals surface area contributed by atoms with Gasteiger partial charge >= 0.3 is 0 Å². The summed E-state index contributed by atoms with van der Waals surface area (Å²) in [4.78, 5) is 17.6. The average Bonchev–Trinajstić information content (AvgIpc) is 2.73. The SMILES string of the molecule is COc1ccc(-c2cc(C(=O)Nc3cccc(F)c3)c3ccccc3n2)cc1. The van der Waals surface area contributed by atoms with Gasteiger partial charge < -0.3 is 10.1 Å². The van der Waals surface area contributed by atoms with E-state index in [0.29, 0.717) is 22.5 Å². The summed E-state index contributed by atoms with van der Waals surface area (Å²) in [6.07, 6.45) is 0. The zero-order valence-electron chi connectivity index (χ0n) is 15.1. The predicted molar refractivity (Wildman–Crippen MR) is 108 cm³/mol. The molecule has 0 spiro atoms. The number of para-hydroxylation sites is 1. The number of hydrogen-bond acceptors (Lipinski definition) is 3. The van der Waals surface area contributed by atoms with Crippen molar-refractivity contribution in [2.75, 3.05) is 12.4 Å². The zero-order valence-corrected chi connectivity index (χ0v) is 15.1. The van der Waals surface area contributed by atoms with E-state index in [1.165, 1.54) is 12.1 Å². The summed E-state index contributed by atoms with van der Waals surface area (Å²) in [5.41, 5.74) is 3.12. The van der Waals surface area contributed by atoms with Crippen LogP contribution < -0.4 is 10.1 Å². The highest BCUT2D eigenvalue weighted by Crippen LogP contribution is 2.27. The van der Waals surface area contributed by atoms with E-state index >= 15 is 0 Å². The number of rotatable bonds is 4. The Hall–Kier alpha value is -3.73. The van der Waals surface area contributed by atoms with E-state index in [9.17, 15) is 9.18 Å². The third-order valence-corrected chi connectivity index (χ3v) is 4.43. The van der Waals surface area contributed by atoms with Gasteiger partial charge in [0.25, 0.3) is 5.91 Å². The minimum Gasteiger partial charge on any atom is -0.497 e. The summed E-state index contributed by atoms with van der Waals surface area (Å²) in [5.74, 6) is 0.0175.